The SMILES string of the molecule is Clc1cnc2n1COc1ccncc1-2. The number of hydrogen-bond donors (Lipinski definition) is 0. The molecule has 0 saturated carbocycles. The minimum atomic E-state index is 0.408. The molecule has 3 heterocycles. The van der Waals surface area contributed by atoms with Crippen molar-refractivity contribution in [1.82, 2.24) is 14.5 Å². The summed E-state index contributed by atoms with van der Waals surface area (Å²) < 4.78 is 7.28. The van der Waals surface area contributed by atoms with Gasteiger partial charge in [-0.3, -0.25) is 9.55 Å². The molecule has 0 aliphatic carbocycles. The van der Waals surface area contributed by atoms with Gasteiger partial charge in [-0.1, -0.05) is 11.6 Å². The molecule has 0 saturated heterocycles. The van der Waals surface area contributed by atoms with Crippen LogP contribution >= 0.6 is 11.6 Å². The Morgan fingerprint density at radius 3 is 3.29 bits per heavy atom. The van der Waals surface area contributed by atoms with E-state index in [1.54, 1.807) is 23.2 Å². The van der Waals surface area contributed by atoms with E-state index in [-0.39, 0.29) is 0 Å². The molecule has 0 unspecified atom stereocenters. The lowest BCUT2D eigenvalue weighted by molar-refractivity contribution is 0.230. The van der Waals surface area contributed by atoms with Crippen LogP contribution in [0.15, 0.2) is 24.7 Å². The Kier molecular flexibility index (Phi) is 1.52. The first-order valence-electron chi connectivity index (χ1n) is 4.14. The van der Waals surface area contributed by atoms with Crippen molar-refractivity contribution in [2.24, 2.45) is 0 Å². The molecule has 2 aromatic heterocycles. The molecular formula is C9H6ClN3O. The molecule has 70 valence electrons. The van der Waals surface area contributed by atoms with Crippen LogP contribution in [0.4, 0.5) is 0 Å². The molecule has 3 rings (SSSR count). The number of nitrogens with zero attached hydrogens (tertiary/aromatic N) is 3. The summed E-state index contributed by atoms with van der Waals surface area (Å²) in [6.45, 7) is 0.408. The third-order valence-corrected chi connectivity index (χ3v) is 2.48. The van der Waals surface area contributed by atoms with Crippen molar-refractivity contribution in [3.05, 3.63) is 29.8 Å². The van der Waals surface area contributed by atoms with Gasteiger partial charge in [0, 0.05) is 12.4 Å². The average Bonchev–Trinajstić information content (AvgIpc) is 2.61. The van der Waals surface area contributed by atoms with Crippen LogP contribution < -0.4 is 4.74 Å². The zero-order chi connectivity index (χ0) is 9.54. The highest BCUT2D eigenvalue weighted by molar-refractivity contribution is 6.29. The molecule has 1 aliphatic rings. The van der Waals surface area contributed by atoms with Crippen LogP contribution in [0.25, 0.3) is 11.4 Å². The predicted molar refractivity (Wildman–Crippen MR) is 51.1 cm³/mol. The van der Waals surface area contributed by atoms with Crippen LogP contribution in [0.5, 0.6) is 5.75 Å². The van der Waals surface area contributed by atoms with Gasteiger partial charge in [-0.05, 0) is 6.07 Å². The van der Waals surface area contributed by atoms with Gasteiger partial charge in [-0.25, -0.2) is 4.98 Å². The Morgan fingerprint density at radius 2 is 2.36 bits per heavy atom. The Morgan fingerprint density at radius 1 is 1.43 bits per heavy atom. The fourth-order valence-electron chi connectivity index (χ4n) is 1.50. The maximum Gasteiger partial charge on any atom is 0.167 e. The minimum absolute atomic E-state index is 0.408. The van der Waals surface area contributed by atoms with Crippen molar-refractivity contribution in [1.29, 1.82) is 0 Å². The molecule has 0 amide bonds. The van der Waals surface area contributed by atoms with Gasteiger partial charge in [0.25, 0.3) is 0 Å². The number of pyridine rings is 1. The zero-order valence-electron chi connectivity index (χ0n) is 7.14. The van der Waals surface area contributed by atoms with Crippen molar-refractivity contribution in [2.45, 2.75) is 6.73 Å². The first-order chi connectivity index (χ1) is 6.86. The summed E-state index contributed by atoms with van der Waals surface area (Å²) in [5, 5.41) is 0.578. The van der Waals surface area contributed by atoms with Gasteiger partial charge in [0.15, 0.2) is 6.73 Å². The van der Waals surface area contributed by atoms with E-state index in [1.807, 2.05) is 6.07 Å². The standard InChI is InChI=1S/C9H6ClN3O/c10-8-4-12-9-6-3-11-2-1-7(6)14-5-13(8)9/h1-4H,5H2. The van der Waals surface area contributed by atoms with Crippen LogP contribution in [0, 0.1) is 0 Å². The zero-order valence-corrected chi connectivity index (χ0v) is 7.90. The number of rotatable bonds is 0. The van der Waals surface area contributed by atoms with E-state index >= 15 is 0 Å². The van der Waals surface area contributed by atoms with Crippen LogP contribution in [0.1, 0.15) is 0 Å². The lowest BCUT2D eigenvalue weighted by Crippen LogP contribution is -2.13. The van der Waals surface area contributed by atoms with Crippen molar-refractivity contribution in [2.75, 3.05) is 0 Å². The highest BCUT2D eigenvalue weighted by atomic mass is 35.5. The molecular weight excluding hydrogens is 202 g/mol. The second-order valence-electron chi connectivity index (χ2n) is 2.98. The molecule has 0 atom stereocenters. The summed E-state index contributed by atoms with van der Waals surface area (Å²) in [6, 6.07) is 1.82. The maximum absolute atomic E-state index is 5.92. The van der Waals surface area contributed by atoms with Crippen LogP contribution in [-0.4, -0.2) is 14.5 Å². The molecule has 4 nitrogen and oxygen atoms in total. The molecule has 0 spiro atoms. The quantitative estimate of drug-likeness (QED) is 0.663. The monoisotopic (exact) mass is 207 g/mol. The van der Waals surface area contributed by atoms with Gasteiger partial charge < -0.3 is 4.74 Å². The first kappa shape index (κ1) is 7.82. The molecule has 0 aromatic carbocycles. The van der Waals surface area contributed by atoms with Crippen molar-refractivity contribution in [3.63, 3.8) is 0 Å². The molecule has 0 radical (unpaired) electrons. The second-order valence-corrected chi connectivity index (χ2v) is 3.37. The first-order valence-corrected chi connectivity index (χ1v) is 4.52. The number of hydrogen-bond acceptors (Lipinski definition) is 3. The van der Waals surface area contributed by atoms with E-state index in [0.717, 1.165) is 17.1 Å². The average molecular weight is 208 g/mol. The Labute approximate surface area is 85.1 Å². The van der Waals surface area contributed by atoms with Crippen molar-refractivity contribution < 1.29 is 4.74 Å². The van der Waals surface area contributed by atoms with Crippen molar-refractivity contribution in [3.8, 4) is 17.1 Å². The van der Waals surface area contributed by atoms with E-state index < -0.39 is 0 Å². The summed E-state index contributed by atoms with van der Waals surface area (Å²) in [5.74, 6) is 1.61. The molecule has 1 aliphatic heterocycles. The van der Waals surface area contributed by atoms with Crippen molar-refractivity contribution >= 4 is 11.6 Å². The molecule has 0 bridgehead atoms. The number of ether oxygens (including phenoxy) is 1. The highest BCUT2D eigenvalue weighted by Crippen LogP contribution is 2.33. The topological polar surface area (TPSA) is 39.9 Å². The summed E-state index contributed by atoms with van der Waals surface area (Å²) >= 11 is 5.92. The predicted octanol–water partition coefficient (Wildman–Crippen LogP) is 1.95. The Hall–Kier alpha value is -1.55. The molecule has 0 N–H and O–H groups in total. The lowest BCUT2D eigenvalue weighted by atomic mass is 10.2. The lowest BCUT2D eigenvalue weighted by Gasteiger charge is -2.18. The highest BCUT2D eigenvalue weighted by Gasteiger charge is 2.19. The fourth-order valence-corrected chi connectivity index (χ4v) is 1.68. The van der Waals surface area contributed by atoms with Crippen LogP contribution in [-0.2, 0) is 6.73 Å². The van der Waals surface area contributed by atoms with Gasteiger partial charge in [-0.15, -0.1) is 0 Å². The van der Waals surface area contributed by atoms with E-state index in [0.29, 0.717) is 11.9 Å². The molecule has 14 heavy (non-hydrogen) atoms. The smallest absolute Gasteiger partial charge is 0.167 e. The molecule has 0 fully saturated rings. The number of halogens is 1. The van der Waals surface area contributed by atoms with Gasteiger partial charge in [0.1, 0.15) is 16.7 Å². The van der Waals surface area contributed by atoms with Gasteiger partial charge >= 0.3 is 0 Å². The number of imidazole rings is 1. The maximum atomic E-state index is 5.92. The normalized spacial score (nSPS) is 12.9. The summed E-state index contributed by atoms with van der Waals surface area (Å²) in [5.41, 5.74) is 0.880. The van der Waals surface area contributed by atoms with Crippen LogP contribution in [0.2, 0.25) is 5.15 Å². The van der Waals surface area contributed by atoms with E-state index in [2.05, 4.69) is 9.97 Å². The molecule has 2 aromatic rings. The van der Waals surface area contributed by atoms with E-state index in [1.165, 1.54) is 0 Å². The second kappa shape index (κ2) is 2.72. The van der Waals surface area contributed by atoms with Gasteiger partial charge in [0.05, 0.1) is 11.8 Å². The number of aromatic nitrogens is 3. The van der Waals surface area contributed by atoms with Crippen LogP contribution in [0.3, 0.4) is 0 Å². The largest absolute Gasteiger partial charge is 0.472 e. The summed E-state index contributed by atoms with van der Waals surface area (Å²) in [7, 11) is 0. The fraction of sp³-hybridized carbons (Fsp3) is 0.111. The third-order valence-electron chi connectivity index (χ3n) is 2.18. The van der Waals surface area contributed by atoms with Gasteiger partial charge in [0.2, 0.25) is 0 Å². The molecule has 5 heteroatoms. The number of fused-ring (bicyclic) bond motifs is 3. The Balaban J connectivity index is 2.29. The third kappa shape index (κ3) is 0.943. The van der Waals surface area contributed by atoms with Gasteiger partial charge in [-0.2, -0.15) is 0 Å². The van der Waals surface area contributed by atoms with E-state index in [9.17, 15) is 0 Å². The Bertz CT molecular complexity index is 495. The minimum Gasteiger partial charge on any atom is -0.472 e. The summed E-state index contributed by atoms with van der Waals surface area (Å²) in [6.07, 6.45) is 5.03. The van der Waals surface area contributed by atoms with E-state index in [4.69, 9.17) is 16.3 Å². The summed E-state index contributed by atoms with van der Waals surface area (Å²) in [4.78, 5) is 8.24.